The molecule has 1 aliphatic carbocycles. The summed E-state index contributed by atoms with van der Waals surface area (Å²) in [5.41, 5.74) is 1.75. The lowest BCUT2D eigenvalue weighted by Gasteiger charge is -2.33. The van der Waals surface area contributed by atoms with Crippen molar-refractivity contribution in [3.8, 4) is 11.1 Å². The molecule has 1 saturated carbocycles. The zero-order valence-corrected chi connectivity index (χ0v) is 14.6. The van der Waals surface area contributed by atoms with Gasteiger partial charge >= 0.3 is 0 Å². The highest BCUT2D eigenvalue weighted by Crippen LogP contribution is 2.45. The molecule has 1 amide bonds. The number of nitrogens with one attached hydrogen (secondary N) is 1. The molecule has 2 aliphatic rings. The zero-order valence-electron chi connectivity index (χ0n) is 14.6. The summed E-state index contributed by atoms with van der Waals surface area (Å²) >= 11 is 0. The minimum absolute atomic E-state index is 0.0820. The molecule has 1 atom stereocenters. The third-order valence-corrected chi connectivity index (χ3v) is 5.70. The Morgan fingerprint density at radius 2 is 1.92 bits per heavy atom. The van der Waals surface area contributed by atoms with Crippen LogP contribution >= 0.6 is 0 Å². The van der Waals surface area contributed by atoms with Crippen molar-refractivity contribution >= 4 is 5.91 Å². The van der Waals surface area contributed by atoms with Gasteiger partial charge in [0.15, 0.2) is 0 Å². The quantitative estimate of drug-likeness (QED) is 0.917. The molecule has 1 saturated heterocycles. The smallest absolute Gasteiger partial charge is 0.254 e. The van der Waals surface area contributed by atoms with Crippen molar-refractivity contribution in [2.75, 3.05) is 13.2 Å². The van der Waals surface area contributed by atoms with Gasteiger partial charge in [-0.1, -0.05) is 6.07 Å². The SMILES string of the molecule is O=C(NC1CCC2(CCOCC2)C1)c1ccc(-c2cncnc2)cc1F. The van der Waals surface area contributed by atoms with Gasteiger partial charge in [0.25, 0.3) is 5.91 Å². The Kier molecular flexibility index (Phi) is 4.68. The number of hydrogen-bond acceptors (Lipinski definition) is 4. The fourth-order valence-corrected chi connectivity index (χ4v) is 4.18. The maximum atomic E-state index is 14.5. The molecule has 0 radical (unpaired) electrons. The summed E-state index contributed by atoms with van der Waals surface area (Å²) in [5.74, 6) is -0.866. The van der Waals surface area contributed by atoms with Gasteiger partial charge in [0.1, 0.15) is 12.1 Å². The molecule has 2 aromatic rings. The third kappa shape index (κ3) is 3.46. The van der Waals surface area contributed by atoms with Crippen molar-refractivity contribution in [2.24, 2.45) is 5.41 Å². The molecule has 1 aromatic carbocycles. The highest BCUT2D eigenvalue weighted by atomic mass is 19.1. The first-order chi connectivity index (χ1) is 12.7. The second kappa shape index (κ2) is 7.11. The first-order valence-electron chi connectivity index (χ1n) is 9.09. The summed E-state index contributed by atoms with van der Waals surface area (Å²) < 4.78 is 19.9. The molecule has 1 aromatic heterocycles. The molecular formula is C20H22FN3O2. The number of carbonyl (C=O) groups excluding carboxylic acids is 1. The fraction of sp³-hybridized carbons (Fsp3) is 0.450. The Balaban J connectivity index is 1.44. The van der Waals surface area contributed by atoms with E-state index in [1.54, 1.807) is 18.5 Å². The van der Waals surface area contributed by atoms with E-state index in [0.29, 0.717) is 11.0 Å². The van der Waals surface area contributed by atoms with Crippen molar-refractivity contribution < 1.29 is 13.9 Å². The van der Waals surface area contributed by atoms with Gasteiger partial charge in [0, 0.05) is 37.2 Å². The largest absolute Gasteiger partial charge is 0.381 e. The van der Waals surface area contributed by atoms with Crippen LogP contribution in [0.4, 0.5) is 4.39 Å². The van der Waals surface area contributed by atoms with Gasteiger partial charge in [-0.15, -0.1) is 0 Å². The van der Waals surface area contributed by atoms with Crippen LogP contribution in [-0.2, 0) is 4.74 Å². The maximum absolute atomic E-state index is 14.5. The van der Waals surface area contributed by atoms with E-state index in [2.05, 4.69) is 15.3 Å². The minimum Gasteiger partial charge on any atom is -0.381 e. The van der Waals surface area contributed by atoms with Crippen LogP contribution in [0.15, 0.2) is 36.9 Å². The number of aromatic nitrogens is 2. The number of nitrogens with zero attached hydrogens (tertiary/aromatic N) is 2. The average Bonchev–Trinajstić information content (AvgIpc) is 3.04. The lowest BCUT2D eigenvalue weighted by atomic mass is 9.78. The van der Waals surface area contributed by atoms with E-state index in [1.165, 1.54) is 18.5 Å². The van der Waals surface area contributed by atoms with Crippen molar-refractivity contribution in [1.29, 1.82) is 0 Å². The van der Waals surface area contributed by atoms with Crippen molar-refractivity contribution in [3.05, 3.63) is 48.3 Å². The topological polar surface area (TPSA) is 64.1 Å². The lowest BCUT2D eigenvalue weighted by Crippen LogP contribution is -2.35. The predicted octanol–water partition coefficient (Wildman–Crippen LogP) is 3.36. The van der Waals surface area contributed by atoms with Crippen molar-refractivity contribution in [1.82, 2.24) is 15.3 Å². The van der Waals surface area contributed by atoms with Crippen LogP contribution in [0.25, 0.3) is 11.1 Å². The summed E-state index contributed by atoms with van der Waals surface area (Å²) in [5, 5.41) is 3.02. The van der Waals surface area contributed by atoms with E-state index in [1.807, 2.05) is 0 Å². The first-order valence-corrected chi connectivity index (χ1v) is 9.09. The number of halogens is 1. The summed E-state index contributed by atoms with van der Waals surface area (Å²) in [7, 11) is 0. The molecule has 2 heterocycles. The molecule has 1 spiro atoms. The third-order valence-electron chi connectivity index (χ3n) is 5.70. The van der Waals surface area contributed by atoms with E-state index in [0.717, 1.165) is 50.9 Å². The Morgan fingerprint density at radius 3 is 2.65 bits per heavy atom. The first kappa shape index (κ1) is 17.1. The molecule has 136 valence electrons. The monoisotopic (exact) mass is 355 g/mol. The van der Waals surface area contributed by atoms with Gasteiger partial charge in [0.05, 0.1) is 5.56 Å². The van der Waals surface area contributed by atoms with Gasteiger partial charge in [-0.2, -0.15) is 0 Å². The van der Waals surface area contributed by atoms with E-state index < -0.39 is 5.82 Å². The Bertz CT molecular complexity index is 791. The molecule has 2 fully saturated rings. The van der Waals surface area contributed by atoms with E-state index >= 15 is 0 Å². The summed E-state index contributed by atoms with van der Waals surface area (Å²) in [4.78, 5) is 20.4. The molecular weight excluding hydrogens is 333 g/mol. The van der Waals surface area contributed by atoms with Gasteiger partial charge < -0.3 is 10.1 Å². The van der Waals surface area contributed by atoms with E-state index in [-0.39, 0.29) is 17.5 Å². The molecule has 1 unspecified atom stereocenters. The molecule has 1 aliphatic heterocycles. The zero-order chi connectivity index (χ0) is 18.0. The molecule has 5 nitrogen and oxygen atoms in total. The number of benzene rings is 1. The Hall–Kier alpha value is -2.34. The summed E-state index contributed by atoms with van der Waals surface area (Å²) in [6.07, 6.45) is 9.80. The van der Waals surface area contributed by atoms with Crippen LogP contribution in [0, 0.1) is 11.2 Å². The average molecular weight is 355 g/mol. The molecule has 26 heavy (non-hydrogen) atoms. The van der Waals surface area contributed by atoms with Gasteiger partial charge in [-0.25, -0.2) is 14.4 Å². The van der Waals surface area contributed by atoms with Crippen molar-refractivity contribution in [3.63, 3.8) is 0 Å². The lowest BCUT2D eigenvalue weighted by molar-refractivity contribution is 0.0171. The van der Waals surface area contributed by atoms with E-state index in [4.69, 9.17) is 4.74 Å². The maximum Gasteiger partial charge on any atom is 0.254 e. The fourth-order valence-electron chi connectivity index (χ4n) is 4.18. The standard InChI is InChI=1S/C20H22FN3O2/c21-18-9-14(15-11-22-13-23-12-15)1-2-17(18)19(25)24-16-3-4-20(10-16)5-7-26-8-6-20/h1-2,9,11-13,16H,3-8,10H2,(H,24,25). The van der Waals surface area contributed by atoms with Crippen molar-refractivity contribution in [2.45, 2.75) is 38.1 Å². The predicted molar refractivity (Wildman–Crippen MR) is 95.0 cm³/mol. The van der Waals surface area contributed by atoms with Gasteiger partial charge in [0.2, 0.25) is 0 Å². The minimum atomic E-state index is -0.525. The Morgan fingerprint density at radius 1 is 1.15 bits per heavy atom. The van der Waals surface area contributed by atoms with Crippen LogP contribution in [0.3, 0.4) is 0 Å². The van der Waals surface area contributed by atoms with E-state index in [9.17, 15) is 9.18 Å². The normalized spacial score (nSPS) is 21.7. The van der Waals surface area contributed by atoms with Crippen LogP contribution < -0.4 is 5.32 Å². The molecule has 4 rings (SSSR count). The second-order valence-electron chi connectivity index (χ2n) is 7.35. The summed E-state index contributed by atoms with van der Waals surface area (Å²) in [6, 6.07) is 4.74. The highest BCUT2D eigenvalue weighted by Gasteiger charge is 2.40. The molecule has 1 N–H and O–H groups in total. The number of amides is 1. The summed E-state index contributed by atoms with van der Waals surface area (Å²) in [6.45, 7) is 1.61. The van der Waals surface area contributed by atoms with Crippen LogP contribution in [0.5, 0.6) is 0 Å². The van der Waals surface area contributed by atoms with Gasteiger partial charge in [-0.3, -0.25) is 4.79 Å². The van der Waals surface area contributed by atoms with Crippen LogP contribution in [0.2, 0.25) is 0 Å². The Labute approximate surface area is 152 Å². The highest BCUT2D eigenvalue weighted by molar-refractivity contribution is 5.95. The molecule has 0 bridgehead atoms. The molecule has 6 heteroatoms. The number of hydrogen-bond donors (Lipinski definition) is 1. The second-order valence-corrected chi connectivity index (χ2v) is 7.35. The number of ether oxygens (including phenoxy) is 1. The van der Waals surface area contributed by atoms with Crippen LogP contribution in [-0.4, -0.2) is 35.1 Å². The number of rotatable bonds is 3. The van der Waals surface area contributed by atoms with Crippen LogP contribution in [0.1, 0.15) is 42.5 Å². The number of carbonyl (C=O) groups is 1. The van der Waals surface area contributed by atoms with Gasteiger partial charge in [-0.05, 0) is 55.2 Å².